The Kier molecular flexibility index (Phi) is 5.40. The van der Waals surface area contributed by atoms with E-state index in [-0.39, 0.29) is 11.8 Å². The van der Waals surface area contributed by atoms with Crippen LogP contribution in [0.2, 0.25) is 0 Å². The number of nitrogens with zero attached hydrogens (tertiary/aromatic N) is 2. The lowest BCUT2D eigenvalue weighted by Crippen LogP contribution is -2.43. The van der Waals surface area contributed by atoms with E-state index < -0.39 is 0 Å². The molecule has 1 aromatic heterocycles. The second-order valence-corrected chi connectivity index (χ2v) is 7.22. The summed E-state index contributed by atoms with van der Waals surface area (Å²) in [4.78, 5) is 19.6. The lowest BCUT2D eigenvalue weighted by atomic mass is 9.76. The first-order valence-electron chi connectivity index (χ1n) is 9.55. The molecule has 0 radical (unpaired) electrons. The Hall–Kier alpha value is -2.78. The number of benzene rings is 2. The first kappa shape index (κ1) is 17.6. The van der Waals surface area contributed by atoms with Gasteiger partial charge >= 0.3 is 0 Å². The average Bonchev–Trinajstić information content (AvgIpc) is 2.73. The molecule has 4 rings (SSSR count). The maximum Gasteiger partial charge on any atom is 0.139 e. The SMILES string of the molecule is O=C1CCN(Cc2cccnc2)CC1C(c1ccccc1)c1ccccc1. The summed E-state index contributed by atoms with van der Waals surface area (Å²) in [5.41, 5.74) is 3.62. The van der Waals surface area contributed by atoms with Crippen LogP contribution in [0.15, 0.2) is 85.2 Å². The van der Waals surface area contributed by atoms with E-state index in [0.29, 0.717) is 12.2 Å². The summed E-state index contributed by atoms with van der Waals surface area (Å²) in [6, 6.07) is 25.0. The molecule has 2 aromatic carbocycles. The zero-order chi connectivity index (χ0) is 18.5. The number of piperidine rings is 1. The number of rotatable bonds is 5. The average molecular weight is 356 g/mol. The molecule has 2 heterocycles. The minimum absolute atomic E-state index is 0.0276. The van der Waals surface area contributed by atoms with E-state index in [0.717, 1.165) is 19.6 Å². The van der Waals surface area contributed by atoms with Crippen molar-refractivity contribution >= 4 is 5.78 Å². The van der Waals surface area contributed by atoms with E-state index in [1.165, 1.54) is 16.7 Å². The number of Topliss-reactive ketones (excluding diaryl/α,β-unsaturated/α-hetero) is 1. The number of hydrogen-bond donors (Lipinski definition) is 0. The van der Waals surface area contributed by atoms with E-state index in [1.54, 1.807) is 6.20 Å². The molecule has 0 N–H and O–H groups in total. The van der Waals surface area contributed by atoms with Crippen molar-refractivity contribution in [1.29, 1.82) is 0 Å². The maximum atomic E-state index is 12.9. The van der Waals surface area contributed by atoms with Crippen molar-refractivity contribution in [2.45, 2.75) is 18.9 Å². The monoisotopic (exact) mass is 356 g/mol. The number of carbonyl (C=O) groups excluding carboxylic acids is 1. The van der Waals surface area contributed by atoms with E-state index in [2.05, 4.69) is 64.5 Å². The van der Waals surface area contributed by atoms with Crippen molar-refractivity contribution in [3.63, 3.8) is 0 Å². The zero-order valence-electron chi connectivity index (χ0n) is 15.4. The largest absolute Gasteiger partial charge is 0.299 e. The smallest absolute Gasteiger partial charge is 0.139 e. The molecule has 136 valence electrons. The van der Waals surface area contributed by atoms with Crippen molar-refractivity contribution in [3.8, 4) is 0 Å². The molecule has 1 fully saturated rings. The zero-order valence-corrected chi connectivity index (χ0v) is 15.4. The van der Waals surface area contributed by atoms with Gasteiger partial charge in [-0.2, -0.15) is 0 Å². The van der Waals surface area contributed by atoms with Crippen LogP contribution in [0.3, 0.4) is 0 Å². The molecule has 0 amide bonds. The molecule has 3 aromatic rings. The van der Waals surface area contributed by atoms with E-state index in [9.17, 15) is 4.79 Å². The van der Waals surface area contributed by atoms with Crippen LogP contribution in [0.25, 0.3) is 0 Å². The molecular formula is C24H24N2O. The Balaban J connectivity index is 1.63. The summed E-state index contributed by atoms with van der Waals surface area (Å²) in [6.07, 6.45) is 4.32. The van der Waals surface area contributed by atoms with Crippen LogP contribution in [0.1, 0.15) is 29.0 Å². The predicted molar refractivity (Wildman–Crippen MR) is 107 cm³/mol. The Morgan fingerprint density at radius 2 is 1.59 bits per heavy atom. The second kappa shape index (κ2) is 8.28. The number of pyridine rings is 1. The van der Waals surface area contributed by atoms with Gasteiger partial charge in [-0.1, -0.05) is 66.7 Å². The molecule has 0 aliphatic carbocycles. The molecular weight excluding hydrogens is 332 g/mol. The van der Waals surface area contributed by atoms with Gasteiger partial charge in [-0.05, 0) is 22.8 Å². The fourth-order valence-electron chi connectivity index (χ4n) is 4.09. The standard InChI is InChI=1S/C24H24N2O/c27-23-13-15-26(17-19-8-7-14-25-16-19)18-22(23)24(20-9-3-1-4-10-20)21-11-5-2-6-12-21/h1-12,14,16,22,24H,13,15,17-18H2. The van der Waals surface area contributed by atoms with Crippen molar-refractivity contribution < 1.29 is 4.79 Å². The van der Waals surface area contributed by atoms with Crippen LogP contribution >= 0.6 is 0 Å². The van der Waals surface area contributed by atoms with Gasteiger partial charge in [0.05, 0.1) is 0 Å². The molecule has 0 bridgehead atoms. The van der Waals surface area contributed by atoms with Gasteiger partial charge in [0, 0.05) is 50.3 Å². The topological polar surface area (TPSA) is 33.2 Å². The van der Waals surface area contributed by atoms with Crippen LogP contribution in [0.4, 0.5) is 0 Å². The third-order valence-electron chi connectivity index (χ3n) is 5.39. The van der Waals surface area contributed by atoms with Gasteiger partial charge in [0.25, 0.3) is 0 Å². The van der Waals surface area contributed by atoms with Crippen LogP contribution < -0.4 is 0 Å². The van der Waals surface area contributed by atoms with Crippen LogP contribution in [0, 0.1) is 5.92 Å². The van der Waals surface area contributed by atoms with E-state index in [4.69, 9.17) is 0 Å². The lowest BCUT2D eigenvalue weighted by molar-refractivity contribution is -0.126. The summed E-state index contributed by atoms with van der Waals surface area (Å²) in [7, 11) is 0. The van der Waals surface area contributed by atoms with Gasteiger partial charge in [-0.15, -0.1) is 0 Å². The molecule has 3 nitrogen and oxygen atoms in total. The van der Waals surface area contributed by atoms with Crippen molar-refractivity contribution in [1.82, 2.24) is 9.88 Å². The van der Waals surface area contributed by atoms with Crippen molar-refractivity contribution in [2.75, 3.05) is 13.1 Å². The second-order valence-electron chi connectivity index (χ2n) is 7.22. The van der Waals surface area contributed by atoms with Gasteiger partial charge in [0.1, 0.15) is 5.78 Å². The summed E-state index contributed by atoms with van der Waals surface area (Å²) in [6.45, 7) is 2.44. The van der Waals surface area contributed by atoms with Gasteiger partial charge in [-0.3, -0.25) is 14.7 Å². The van der Waals surface area contributed by atoms with Crippen molar-refractivity contribution in [3.05, 3.63) is 102 Å². The highest BCUT2D eigenvalue weighted by Gasteiger charge is 2.35. The van der Waals surface area contributed by atoms with Crippen LogP contribution in [-0.4, -0.2) is 28.8 Å². The van der Waals surface area contributed by atoms with Gasteiger partial charge < -0.3 is 0 Å². The van der Waals surface area contributed by atoms with Crippen molar-refractivity contribution in [2.24, 2.45) is 5.92 Å². The highest BCUT2D eigenvalue weighted by atomic mass is 16.1. The lowest BCUT2D eigenvalue weighted by Gasteiger charge is -2.36. The van der Waals surface area contributed by atoms with Gasteiger partial charge in [0.2, 0.25) is 0 Å². The first-order valence-corrected chi connectivity index (χ1v) is 9.55. The summed E-state index contributed by atoms with van der Waals surface area (Å²) in [5.74, 6) is 0.437. The Morgan fingerprint density at radius 3 is 2.19 bits per heavy atom. The van der Waals surface area contributed by atoms with E-state index >= 15 is 0 Å². The Bertz CT molecular complexity index is 825. The molecule has 1 aliphatic rings. The minimum atomic E-state index is -0.0276. The fraction of sp³-hybridized carbons (Fsp3) is 0.250. The molecule has 1 saturated heterocycles. The molecule has 27 heavy (non-hydrogen) atoms. The normalized spacial score (nSPS) is 18.0. The van der Waals surface area contributed by atoms with Gasteiger partial charge in [-0.25, -0.2) is 0 Å². The third-order valence-corrected chi connectivity index (χ3v) is 5.39. The Labute approximate surface area is 160 Å². The molecule has 0 saturated carbocycles. The molecule has 3 heteroatoms. The number of ketones is 1. The summed E-state index contributed by atoms with van der Waals surface area (Å²) < 4.78 is 0. The fourth-order valence-corrected chi connectivity index (χ4v) is 4.09. The first-order chi connectivity index (χ1) is 13.3. The van der Waals surface area contributed by atoms with Crippen LogP contribution in [0.5, 0.6) is 0 Å². The highest BCUT2D eigenvalue weighted by Crippen LogP contribution is 2.35. The van der Waals surface area contributed by atoms with E-state index in [1.807, 2.05) is 24.4 Å². The third kappa shape index (κ3) is 4.15. The highest BCUT2D eigenvalue weighted by molar-refractivity contribution is 5.83. The van der Waals surface area contributed by atoms with Crippen LogP contribution in [-0.2, 0) is 11.3 Å². The van der Waals surface area contributed by atoms with Gasteiger partial charge in [0.15, 0.2) is 0 Å². The molecule has 1 atom stereocenters. The minimum Gasteiger partial charge on any atom is -0.299 e. The molecule has 0 spiro atoms. The quantitative estimate of drug-likeness (QED) is 0.683. The summed E-state index contributed by atoms with van der Waals surface area (Å²) >= 11 is 0. The number of hydrogen-bond acceptors (Lipinski definition) is 3. The molecule has 1 unspecified atom stereocenters. The number of aromatic nitrogens is 1. The Morgan fingerprint density at radius 1 is 0.926 bits per heavy atom. The maximum absolute atomic E-state index is 12.9. The predicted octanol–water partition coefficient (Wildman–Crippen LogP) is 4.30. The number of carbonyl (C=O) groups is 1. The summed E-state index contributed by atoms with van der Waals surface area (Å²) in [5, 5.41) is 0. The molecule has 1 aliphatic heterocycles. The number of likely N-dealkylation sites (tertiary alicyclic amines) is 1.